The zero-order valence-corrected chi connectivity index (χ0v) is 10.8. The van der Waals surface area contributed by atoms with Gasteiger partial charge in [0.05, 0.1) is 0 Å². The van der Waals surface area contributed by atoms with Crippen LogP contribution in [0.2, 0.25) is 0 Å². The molecule has 17 heavy (non-hydrogen) atoms. The van der Waals surface area contributed by atoms with Crippen LogP contribution >= 0.6 is 0 Å². The van der Waals surface area contributed by atoms with E-state index >= 15 is 0 Å². The van der Waals surface area contributed by atoms with Gasteiger partial charge in [-0.1, -0.05) is 25.0 Å². The Morgan fingerprint density at radius 3 is 2.71 bits per heavy atom. The summed E-state index contributed by atoms with van der Waals surface area (Å²) in [5.74, 6) is 2.10. The molecule has 0 amide bonds. The van der Waals surface area contributed by atoms with Crippen molar-refractivity contribution in [1.29, 1.82) is 0 Å². The molecular weight excluding hydrogens is 206 g/mol. The first-order valence-electron chi connectivity index (χ1n) is 7.14. The van der Waals surface area contributed by atoms with Crippen LogP contribution in [0.25, 0.3) is 0 Å². The highest BCUT2D eigenvalue weighted by molar-refractivity contribution is 5.46. The summed E-state index contributed by atoms with van der Waals surface area (Å²) in [5, 5.41) is 3.73. The molecule has 0 saturated heterocycles. The van der Waals surface area contributed by atoms with Crippen LogP contribution < -0.4 is 5.32 Å². The minimum absolute atomic E-state index is 0.719. The Balaban J connectivity index is 1.60. The minimum Gasteiger partial charge on any atom is -0.382 e. The number of hydrogen-bond donors (Lipinski definition) is 1. The first-order chi connectivity index (χ1) is 8.31. The topological polar surface area (TPSA) is 12.0 Å². The maximum absolute atomic E-state index is 3.73. The Morgan fingerprint density at radius 2 is 1.94 bits per heavy atom. The van der Waals surface area contributed by atoms with Crippen molar-refractivity contribution in [2.24, 2.45) is 11.8 Å². The Morgan fingerprint density at radius 1 is 1.06 bits per heavy atom. The van der Waals surface area contributed by atoms with Gasteiger partial charge < -0.3 is 5.32 Å². The van der Waals surface area contributed by atoms with Crippen molar-refractivity contribution in [1.82, 2.24) is 0 Å². The normalized spacial score (nSPS) is 29.0. The second kappa shape index (κ2) is 4.72. The van der Waals surface area contributed by atoms with E-state index in [1.165, 1.54) is 49.8 Å². The van der Waals surface area contributed by atoms with Crippen molar-refractivity contribution < 1.29 is 0 Å². The molecule has 1 N–H and O–H groups in total. The largest absolute Gasteiger partial charge is 0.382 e. The first-order valence-corrected chi connectivity index (χ1v) is 7.14. The van der Waals surface area contributed by atoms with E-state index in [4.69, 9.17) is 0 Å². The van der Waals surface area contributed by atoms with Gasteiger partial charge in [-0.25, -0.2) is 0 Å². The standard InChI is InChI=1S/C16H23N/c1-12-4-2-6-15(10-12)17-16-7-3-5-14(11-16)13-8-9-13/h2,4,6,10,13-14,16-17H,3,5,7-9,11H2,1H3. The lowest BCUT2D eigenvalue weighted by molar-refractivity contribution is 0.303. The predicted molar refractivity (Wildman–Crippen MR) is 73.3 cm³/mol. The number of hydrogen-bond acceptors (Lipinski definition) is 1. The molecule has 0 radical (unpaired) electrons. The molecule has 1 nitrogen and oxygen atoms in total. The summed E-state index contributed by atoms with van der Waals surface area (Å²) in [6.07, 6.45) is 8.67. The molecule has 92 valence electrons. The lowest BCUT2D eigenvalue weighted by Gasteiger charge is -2.30. The van der Waals surface area contributed by atoms with Gasteiger partial charge in [0.2, 0.25) is 0 Å². The van der Waals surface area contributed by atoms with Crippen molar-refractivity contribution in [3.63, 3.8) is 0 Å². The number of aryl methyl sites for hydroxylation is 1. The van der Waals surface area contributed by atoms with Gasteiger partial charge in [-0.05, 0) is 62.1 Å². The number of benzene rings is 1. The summed E-state index contributed by atoms with van der Waals surface area (Å²) in [6.45, 7) is 2.17. The maximum Gasteiger partial charge on any atom is 0.0344 e. The van der Waals surface area contributed by atoms with E-state index < -0.39 is 0 Å². The molecule has 1 aromatic carbocycles. The third kappa shape index (κ3) is 2.83. The van der Waals surface area contributed by atoms with Crippen LogP contribution in [-0.2, 0) is 0 Å². The van der Waals surface area contributed by atoms with Crippen molar-refractivity contribution in [2.45, 2.75) is 51.5 Å². The molecule has 1 aromatic rings. The third-order valence-corrected chi connectivity index (χ3v) is 4.39. The van der Waals surface area contributed by atoms with Crippen molar-refractivity contribution in [2.75, 3.05) is 5.32 Å². The van der Waals surface area contributed by atoms with Crippen LogP contribution in [0.3, 0.4) is 0 Å². The van der Waals surface area contributed by atoms with Crippen LogP contribution in [-0.4, -0.2) is 6.04 Å². The van der Waals surface area contributed by atoms with Gasteiger partial charge in [0.1, 0.15) is 0 Å². The van der Waals surface area contributed by atoms with E-state index in [-0.39, 0.29) is 0 Å². The molecule has 2 atom stereocenters. The summed E-state index contributed by atoms with van der Waals surface area (Å²) in [6, 6.07) is 9.50. The van der Waals surface area contributed by atoms with Crippen molar-refractivity contribution in [3.05, 3.63) is 29.8 Å². The highest BCUT2D eigenvalue weighted by Crippen LogP contribution is 2.44. The molecule has 0 bridgehead atoms. The summed E-state index contributed by atoms with van der Waals surface area (Å²) in [7, 11) is 0. The third-order valence-electron chi connectivity index (χ3n) is 4.39. The fourth-order valence-corrected chi connectivity index (χ4v) is 3.33. The van der Waals surface area contributed by atoms with Crippen LogP contribution in [0.4, 0.5) is 5.69 Å². The van der Waals surface area contributed by atoms with Crippen molar-refractivity contribution in [3.8, 4) is 0 Å². The molecule has 3 rings (SSSR count). The van der Waals surface area contributed by atoms with Gasteiger partial charge in [-0.2, -0.15) is 0 Å². The number of nitrogens with one attached hydrogen (secondary N) is 1. The molecule has 2 aliphatic rings. The fraction of sp³-hybridized carbons (Fsp3) is 0.625. The minimum atomic E-state index is 0.719. The van der Waals surface area contributed by atoms with E-state index in [1.807, 2.05) is 0 Å². The van der Waals surface area contributed by atoms with Gasteiger partial charge in [-0.15, -0.1) is 0 Å². The Bertz CT molecular complexity index is 381. The second-order valence-corrected chi connectivity index (χ2v) is 5.97. The lowest BCUT2D eigenvalue weighted by atomic mass is 9.82. The fourth-order valence-electron chi connectivity index (χ4n) is 3.33. The molecule has 0 spiro atoms. The smallest absolute Gasteiger partial charge is 0.0344 e. The Labute approximate surface area is 105 Å². The highest BCUT2D eigenvalue weighted by atomic mass is 14.9. The molecule has 0 aromatic heterocycles. The molecule has 0 aliphatic heterocycles. The van der Waals surface area contributed by atoms with Gasteiger partial charge >= 0.3 is 0 Å². The van der Waals surface area contributed by atoms with Gasteiger partial charge in [0, 0.05) is 11.7 Å². The zero-order chi connectivity index (χ0) is 11.7. The first kappa shape index (κ1) is 11.1. The lowest BCUT2D eigenvalue weighted by Crippen LogP contribution is -2.28. The molecule has 2 unspecified atom stereocenters. The van der Waals surface area contributed by atoms with Crippen LogP contribution in [0.1, 0.15) is 44.1 Å². The molecule has 2 fully saturated rings. The van der Waals surface area contributed by atoms with Gasteiger partial charge in [-0.3, -0.25) is 0 Å². The molecule has 2 saturated carbocycles. The van der Waals surface area contributed by atoms with E-state index in [9.17, 15) is 0 Å². The average Bonchev–Trinajstić information content (AvgIpc) is 3.13. The number of anilines is 1. The summed E-state index contributed by atoms with van der Waals surface area (Å²) < 4.78 is 0. The average molecular weight is 229 g/mol. The van der Waals surface area contributed by atoms with E-state index in [2.05, 4.69) is 36.5 Å². The summed E-state index contributed by atoms with van der Waals surface area (Å²) in [4.78, 5) is 0. The monoisotopic (exact) mass is 229 g/mol. The summed E-state index contributed by atoms with van der Waals surface area (Å²) in [5.41, 5.74) is 2.66. The quantitative estimate of drug-likeness (QED) is 0.811. The molecule has 1 heteroatoms. The van der Waals surface area contributed by atoms with E-state index in [0.29, 0.717) is 0 Å². The van der Waals surface area contributed by atoms with E-state index in [1.54, 1.807) is 0 Å². The van der Waals surface area contributed by atoms with Crippen LogP contribution in [0.15, 0.2) is 24.3 Å². The van der Waals surface area contributed by atoms with Gasteiger partial charge in [0.15, 0.2) is 0 Å². The predicted octanol–water partition coefficient (Wildman–Crippen LogP) is 4.38. The highest BCUT2D eigenvalue weighted by Gasteiger charge is 2.34. The molecule has 0 heterocycles. The van der Waals surface area contributed by atoms with Gasteiger partial charge in [0.25, 0.3) is 0 Å². The number of rotatable bonds is 3. The Hall–Kier alpha value is -0.980. The molecular formula is C16H23N. The maximum atomic E-state index is 3.73. The summed E-state index contributed by atoms with van der Waals surface area (Å²) >= 11 is 0. The SMILES string of the molecule is Cc1cccc(NC2CCCC(C3CC3)C2)c1. The van der Waals surface area contributed by atoms with E-state index in [0.717, 1.165) is 17.9 Å². The zero-order valence-electron chi connectivity index (χ0n) is 10.8. The van der Waals surface area contributed by atoms with Crippen molar-refractivity contribution >= 4 is 5.69 Å². The van der Waals surface area contributed by atoms with Crippen LogP contribution in [0, 0.1) is 18.8 Å². The Kier molecular flexibility index (Phi) is 3.09. The van der Waals surface area contributed by atoms with Crippen LogP contribution in [0.5, 0.6) is 0 Å². The second-order valence-electron chi connectivity index (χ2n) is 5.97. The molecule has 2 aliphatic carbocycles.